The number of benzene rings is 1. The van der Waals surface area contributed by atoms with E-state index in [0.717, 1.165) is 16.9 Å². The monoisotopic (exact) mass is 359 g/mol. The fraction of sp³-hybridized carbons (Fsp3) is 0.526. The van der Waals surface area contributed by atoms with E-state index in [-0.39, 0.29) is 12.5 Å². The van der Waals surface area contributed by atoms with Gasteiger partial charge < -0.3 is 19.4 Å². The zero-order valence-corrected chi connectivity index (χ0v) is 15.7. The molecule has 0 radical (unpaired) electrons. The number of aromatic amines is 1. The van der Waals surface area contributed by atoms with Crippen LogP contribution in [-0.4, -0.2) is 59.2 Å². The Bertz CT molecular complexity index is 796. The van der Waals surface area contributed by atoms with Gasteiger partial charge in [-0.3, -0.25) is 4.79 Å². The number of morpholine rings is 1. The van der Waals surface area contributed by atoms with Crippen molar-refractivity contribution in [1.82, 2.24) is 14.9 Å². The van der Waals surface area contributed by atoms with Gasteiger partial charge in [-0.15, -0.1) is 0 Å². The summed E-state index contributed by atoms with van der Waals surface area (Å²) in [7, 11) is 1.32. The summed E-state index contributed by atoms with van der Waals surface area (Å²) < 4.78 is 10.4. The second kappa shape index (κ2) is 6.72. The Labute approximate surface area is 152 Å². The van der Waals surface area contributed by atoms with Crippen molar-refractivity contribution in [3.05, 3.63) is 30.1 Å². The molecule has 3 rings (SSSR count). The van der Waals surface area contributed by atoms with Gasteiger partial charge in [0.05, 0.1) is 36.7 Å². The largest absolute Gasteiger partial charge is 0.467 e. The maximum Gasteiger partial charge on any atom is 0.339 e. The first-order chi connectivity index (χ1) is 12.2. The lowest BCUT2D eigenvalue weighted by Gasteiger charge is -2.41. The predicted molar refractivity (Wildman–Crippen MR) is 96.5 cm³/mol. The van der Waals surface area contributed by atoms with Crippen LogP contribution in [0.2, 0.25) is 0 Å². The molecule has 7 nitrogen and oxygen atoms in total. The molecule has 140 valence electrons. The van der Waals surface area contributed by atoms with Crippen molar-refractivity contribution in [1.29, 1.82) is 0 Å². The molecule has 1 aromatic carbocycles. The molecule has 1 fully saturated rings. The third kappa shape index (κ3) is 3.44. The fourth-order valence-corrected chi connectivity index (χ4v) is 3.39. The van der Waals surface area contributed by atoms with E-state index in [1.807, 2.05) is 38.1 Å². The average molecular weight is 359 g/mol. The first-order valence-corrected chi connectivity index (χ1v) is 8.70. The topological polar surface area (TPSA) is 84.5 Å². The van der Waals surface area contributed by atoms with Crippen LogP contribution in [0.5, 0.6) is 0 Å². The maximum atomic E-state index is 13.1. The number of nitrogens with one attached hydrogen (secondary N) is 1. The van der Waals surface area contributed by atoms with Crippen LogP contribution in [0.4, 0.5) is 0 Å². The van der Waals surface area contributed by atoms with Crippen molar-refractivity contribution in [2.24, 2.45) is 5.41 Å². The van der Waals surface area contributed by atoms with E-state index in [2.05, 4.69) is 9.97 Å². The Balaban J connectivity index is 1.75. The second-order valence-electron chi connectivity index (χ2n) is 7.56. The molecule has 26 heavy (non-hydrogen) atoms. The molecule has 1 saturated heterocycles. The molecule has 1 N–H and O–H groups in total. The highest BCUT2D eigenvalue weighted by molar-refractivity contribution is 5.85. The number of aromatic nitrogens is 2. The molecule has 1 aliphatic rings. The number of fused-ring (bicyclic) bond motifs is 1. The third-order valence-corrected chi connectivity index (χ3v) is 4.81. The van der Waals surface area contributed by atoms with Gasteiger partial charge in [-0.2, -0.15) is 0 Å². The van der Waals surface area contributed by atoms with Gasteiger partial charge in [0.15, 0.2) is 5.60 Å². The lowest BCUT2D eigenvalue weighted by atomic mass is 9.86. The number of nitrogens with zero attached hydrogens (tertiary/aromatic N) is 2. The molecule has 0 bridgehead atoms. The van der Waals surface area contributed by atoms with E-state index in [0.29, 0.717) is 19.6 Å². The summed E-state index contributed by atoms with van der Waals surface area (Å²) in [6, 6.07) is 7.78. The summed E-state index contributed by atoms with van der Waals surface area (Å²) in [6.45, 7) is 6.39. The molecule has 1 unspecified atom stereocenters. The number of hydrogen-bond donors (Lipinski definition) is 1. The number of para-hydroxylation sites is 2. The van der Waals surface area contributed by atoms with Crippen LogP contribution in [-0.2, 0) is 25.5 Å². The molecule has 1 atom stereocenters. The highest BCUT2D eigenvalue weighted by Gasteiger charge is 2.44. The van der Waals surface area contributed by atoms with Crippen LogP contribution in [0.3, 0.4) is 0 Å². The molecule has 7 heteroatoms. The van der Waals surface area contributed by atoms with E-state index in [1.54, 1.807) is 11.8 Å². The van der Waals surface area contributed by atoms with Crippen molar-refractivity contribution in [3.8, 4) is 0 Å². The number of amides is 1. The number of methoxy groups -OCH3 is 1. The molecular weight excluding hydrogens is 334 g/mol. The summed E-state index contributed by atoms with van der Waals surface area (Å²) in [4.78, 5) is 34.6. The minimum absolute atomic E-state index is 0.0311. The number of H-pyrrole nitrogens is 1. The minimum Gasteiger partial charge on any atom is -0.467 e. The van der Waals surface area contributed by atoms with Crippen molar-refractivity contribution in [3.63, 3.8) is 0 Å². The Morgan fingerprint density at radius 1 is 1.38 bits per heavy atom. The Morgan fingerprint density at radius 2 is 2.12 bits per heavy atom. The third-order valence-electron chi connectivity index (χ3n) is 4.81. The molecular formula is C19H25N3O4. The lowest BCUT2D eigenvalue weighted by Crippen LogP contribution is -2.58. The highest BCUT2D eigenvalue weighted by Crippen LogP contribution is 2.28. The molecule has 0 saturated carbocycles. The Morgan fingerprint density at radius 3 is 2.81 bits per heavy atom. The molecule has 1 amide bonds. The summed E-state index contributed by atoms with van der Waals surface area (Å²) in [5.74, 6) is 0.273. The van der Waals surface area contributed by atoms with Gasteiger partial charge >= 0.3 is 5.97 Å². The first kappa shape index (κ1) is 18.4. The van der Waals surface area contributed by atoms with Gasteiger partial charge in [0.25, 0.3) is 0 Å². The summed E-state index contributed by atoms with van der Waals surface area (Å²) in [5, 5.41) is 0. The van der Waals surface area contributed by atoms with E-state index < -0.39 is 17.0 Å². The normalized spacial score (nSPS) is 21.0. The van der Waals surface area contributed by atoms with E-state index in [9.17, 15) is 9.59 Å². The van der Waals surface area contributed by atoms with Gasteiger partial charge in [-0.05, 0) is 19.1 Å². The maximum absolute atomic E-state index is 13.1. The highest BCUT2D eigenvalue weighted by atomic mass is 16.6. The Hall–Kier alpha value is -2.41. The quantitative estimate of drug-likeness (QED) is 0.843. The minimum atomic E-state index is -1.13. The van der Waals surface area contributed by atoms with E-state index >= 15 is 0 Å². The van der Waals surface area contributed by atoms with Crippen LogP contribution in [0, 0.1) is 5.41 Å². The van der Waals surface area contributed by atoms with Gasteiger partial charge in [0.1, 0.15) is 5.82 Å². The van der Waals surface area contributed by atoms with Crippen LogP contribution in [0.15, 0.2) is 24.3 Å². The predicted octanol–water partition coefficient (Wildman–Crippen LogP) is 1.92. The van der Waals surface area contributed by atoms with Crippen molar-refractivity contribution >= 4 is 22.9 Å². The van der Waals surface area contributed by atoms with Crippen molar-refractivity contribution in [2.45, 2.75) is 32.8 Å². The van der Waals surface area contributed by atoms with Crippen molar-refractivity contribution in [2.75, 3.05) is 26.8 Å². The molecule has 0 spiro atoms. The van der Waals surface area contributed by atoms with E-state index in [1.165, 1.54) is 7.11 Å². The SMILES string of the molecule is COC(=O)C1(C)CN(C(=O)C(C)(C)Cc2nc3ccccc3[nH]2)CCO1. The van der Waals surface area contributed by atoms with E-state index in [4.69, 9.17) is 9.47 Å². The average Bonchev–Trinajstić information content (AvgIpc) is 3.01. The summed E-state index contributed by atoms with van der Waals surface area (Å²) in [6.07, 6.45) is 0.479. The van der Waals surface area contributed by atoms with Gasteiger partial charge in [0, 0.05) is 13.0 Å². The standard InChI is InChI=1S/C19H25N3O4/c1-18(2,11-15-20-13-7-5-6-8-14(13)21-15)16(23)22-9-10-26-19(3,12-22)17(24)25-4/h5-8H,9-12H2,1-4H3,(H,20,21). The number of hydrogen-bond acceptors (Lipinski definition) is 5. The van der Waals surface area contributed by atoms with Crippen LogP contribution in [0.1, 0.15) is 26.6 Å². The zero-order chi connectivity index (χ0) is 18.9. The molecule has 1 aromatic heterocycles. The molecule has 2 aromatic rings. The number of rotatable bonds is 4. The van der Waals surface area contributed by atoms with Gasteiger partial charge in [0.2, 0.25) is 5.91 Å². The van der Waals surface area contributed by atoms with Crippen LogP contribution < -0.4 is 0 Å². The number of esters is 1. The molecule has 1 aliphatic heterocycles. The molecule has 2 heterocycles. The zero-order valence-electron chi connectivity index (χ0n) is 15.7. The van der Waals surface area contributed by atoms with Gasteiger partial charge in [-0.1, -0.05) is 26.0 Å². The smallest absolute Gasteiger partial charge is 0.339 e. The lowest BCUT2D eigenvalue weighted by molar-refractivity contribution is -0.182. The summed E-state index contributed by atoms with van der Waals surface area (Å²) in [5.41, 5.74) is 0.0474. The van der Waals surface area contributed by atoms with Crippen LogP contribution in [0.25, 0.3) is 11.0 Å². The molecule has 0 aliphatic carbocycles. The van der Waals surface area contributed by atoms with Crippen LogP contribution >= 0.6 is 0 Å². The summed E-state index contributed by atoms with van der Waals surface area (Å²) >= 11 is 0. The number of ether oxygens (including phenoxy) is 2. The number of imidazole rings is 1. The first-order valence-electron chi connectivity index (χ1n) is 8.70. The second-order valence-corrected chi connectivity index (χ2v) is 7.56. The number of carbonyl (C=O) groups excluding carboxylic acids is 2. The van der Waals surface area contributed by atoms with Crippen molar-refractivity contribution < 1.29 is 19.1 Å². The number of carbonyl (C=O) groups is 2. The fourth-order valence-electron chi connectivity index (χ4n) is 3.39. The Kier molecular flexibility index (Phi) is 4.75. The van der Waals surface area contributed by atoms with Gasteiger partial charge in [-0.25, -0.2) is 9.78 Å².